The maximum atomic E-state index is 12.8. The van der Waals surface area contributed by atoms with Gasteiger partial charge in [0.2, 0.25) is 11.8 Å². The van der Waals surface area contributed by atoms with E-state index in [1.54, 1.807) is 0 Å². The van der Waals surface area contributed by atoms with Gasteiger partial charge in [-0.2, -0.15) is 0 Å². The lowest BCUT2D eigenvalue weighted by atomic mass is 9.90. The predicted octanol–water partition coefficient (Wildman–Crippen LogP) is 3.14. The van der Waals surface area contributed by atoms with Gasteiger partial charge in [-0.05, 0) is 34.6 Å². The van der Waals surface area contributed by atoms with Crippen LogP contribution in [0.5, 0.6) is 0 Å². The van der Waals surface area contributed by atoms with Gasteiger partial charge in [-0.25, -0.2) is 4.79 Å². The second kappa shape index (κ2) is 11.6. The highest BCUT2D eigenvalue weighted by atomic mass is 16.5. The average molecular weight is 480 g/mol. The van der Waals surface area contributed by atoms with Crippen LogP contribution in [0.2, 0.25) is 0 Å². The number of benzene rings is 2. The third-order valence-electron chi connectivity index (χ3n) is 6.17. The number of carbonyl (C=O) groups is 4. The molecule has 1 aliphatic rings. The Kier molecular flexibility index (Phi) is 8.63. The standard InChI is InChI=1S/C27H33N3O5/c1-16(2)12-18(26(28)33)13-25(32)24(30-17(3)31)14-29-27(34)35-15-23-21-10-6-4-8-19(21)20-9-5-7-11-22(20)23/h4-11,16,18,23-24H,12-15H2,1-3H3,(H2,28,33)(H,29,34)(H,30,31)/t18-,24+/m1/s1. The highest BCUT2D eigenvalue weighted by Gasteiger charge is 2.30. The second-order valence-corrected chi connectivity index (χ2v) is 9.36. The molecule has 0 bridgehead atoms. The maximum Gasteiger partial charge on any atom is 0.407 e. The van der Waals surface area contributed by atoms with Crippen molar-refractivity contribution in [3.05, 3.63) is 59.7 Å². The summed E-state index contributed by atoms with van der Waals surface area (Å²) in [5.41, 5.74) is 9.89. The molecule has 0 aromatic heterocycles. The van der Waals surface area contributed by atoms with Gasteiger partial charge in [0.15, 0.2) is 5.78 Å². The molecule has 2 atom stereocenters. The number of nitrogens with two attached hydrogens (primary N) is 1. The van der Waals surface area contributed by atoms with Gasteiger partial charge in [0.1, 0.15) is 12.6 Å². The smallest absolute Gasteiger partial charge is 0.407 e. The maximum absolute atomic E-state index is 12.8. The molecule has 1 aliphatic carbocycles. The third kappa shape index (κ3) is 6.68. The molecular weight excluding hydrogens is 446 g/mol. The van der Waals surface area contributed by atoms with E-state index in [1.165, 1.54) is 6.92 Å². The van der Waals surface area contributed by atoms with Crippen molar-refractivity contribution in [1.29, 1.82) is 0 Å². The quantitative estimate of drug-likeness (QED) is 0.456. The van der Waals surface area contributed by atoms with E-state index in [9.17, 15) is 19.2 Å². The minimum atomic E-state index is -0.984. The van der Waals surface area contributed by atoms with Crippen LogP contribution in [0.25, 0.3) is 11.1 Å². The molecule has 0 aliphatic heterocycles. The topological polar surface area (TPSA) is 128 Å². The van der Waals surface area contributed by atoms with Crippen molar-refractivity contribution in [3.8, 4) is 11.1 Å². The first-order valence-corrected chi connectivity index (χ1v) is 11.8. The van der Waals surface area contributed by atoms with E-state index in [2.05, 4.69) is 22.8 Å². The lowest BCUT2D eigenvalue weighted by molar-refractivity contribution is -0.130. The number of rotatable bonds is 11. The van der Waals surface area contributed by atoms with Crippen LogP contribution in [0.1, 0.15) is 50.7 Å². The summed E-state index contributed by atoms with van der Waals surface area (Å²) < 4.78 is 5.50. The Morgan fingerprint density at radius 1 is 0.971 bits per heavy atom. The first-order chi connectivity index (χ1) is 16.7. The van der Waals surface area contributed by atoms with Crippen molar-refractivity contribution in [1.82, 2.24) is 10.6 Å². The molecule has 8 nitrogen and oxygen atoms in total. The van der Waals surface area contributed by atoms with E-state index >= 15 is 0 Å². The van der Waals surface area contributed by atoms with Crippen molar-refractivity contribution >= 4 is 23.7 Å². The number of nitrogens with one attached hydrogen (secondary N) is 2. The zero-order valence-corrected chi connectivity index (χ0v) is 20.4. The number of alkyl carbamates (subject to hydrolysis) is 1. The number of ether oxygens (including phenoxy) is 1. The summed E-state index contributed by atoms with van der Waals surface area (Å²) in [5, 5.41) is 5.12. The van der Waals surface area contributed by atoms with Crippen LogP contribution < -0.4 is 16.4 Å². The van der Waals surface area contributed by atoms with E-state index in [4.69, 9.17) is 10.5 Å². The van der Waals surface area contributed by atoms with E-state index in [0.717, 1.165) is 22.3 Å². The highest BCUT2D eigenvalue weighted by molar-refractivity contribution is 5.92. The van der Waals surface area contributed by atoms with Gasteiger partial charge in [-0.1, -0.05) is 62.4 Å². The Hall–Kier alpha value is -3.68. The molecule has 0 saturated heterocycles. The fourth-order valence-electron chi connectivity index (χ4n) is 4.58. The summed E-state index contributed by atoms with van der Waals surface area (Å²) in [5.74, 6) is -1.89. The zero-order chi connectivity index (χ0) is 25.5. The number of primary amides is 1. The van der Waals surface area contributed by atoms with E-state index in [0.29, 0.717) is 6.42 Å². The number of amides is 3. The summed E-state index contributed by atoms with van der Waals surface area (Å²) in [6, 6.07) is 15.1. The Bertz CT molecular complexity index is 1050. The summed E-state index contributed by atoms with van der Waals surface area (Å²) in [7, 11) is 0. The minimum absolute atomic E-state index is 0.0896. The van der Waals surface area contributed by atoms with Crippen molar-refractivity contribution in [2.24, 2.45) is 17.6 Å². The summed E-state index contributed by atoms with van der Waals surface area (Å²) in [4.78, 5) is 48.7. The van der Waals surface area contributed by atoms with Crippen molar-refractivity contribution in [3.63, 3.8) is 0 Å². The summed E-state index contributed by atoms with van der Waals surface area (Å²) in [6.45, 7) is 5.14. The number of carbonyl (C=O) groups excluding carboxylic acids is 4. The largest absolute Gasteiger partial charge is 0.449 e. The van der Waals surface area contributed by atoms with Gasteiger partial charge in [0, 0.05) is 31.7 Å². The molecule has 0 spiro atoms. The molecule has 0 saturated carbocycles. The molecule has 0 radical (unpaired) electrons. The Balaban J connectivity index is 1.60. The molecule has 0 fully saturated rings. The normalized spacial score (nSPS) is 13.9. The Morgan fingerprint density at radius 2 is 1.54 bits per heavy atom. The monoisotopic (exact) mass is 479 g/mol. The Morgan fingerprint density at radius 3 is 2.06 bits per heavy atom. The molecule has 35 heavy (non-hydrogen) atoms. The SMILES string of the molecule is CC(=O)N[C@@H](CNC(=O)OCC1c2ccccc2-c2ccccc21)C(=O)C[C@@H](CC(C)C)C(N)=O. The molecule has 2 aromatic rings. The highest BCUT2D eigenvalue weighted by Crippen LogP contribution is 2.44. The molecule has 0 unspecified atom stereocenters. The first-order valence-electron chi connectivity index (χ1n) is 11.8. The predicted molar refractivity (Wildman–Crippen MR) is 132 cm³/mol. The van der Waals surface area contributed by atoms with Crippen molar-refractivity contribution < 1.29 is 23.9 Å². The molecule has 3 rings (SSSR count). The average Bonchev–Trinajstić information content (AvgIpc) is 3.13. The van der Waals surface area contributed by atoms with Gasteiger partial charge in [0.25, 0.3) is 0 Å². The summed E-state index contributed by atoms with van der Waals surface area (Å²) >= 11 is 0. The molecule has 4 N–H and O–H groups in total. The molecular formula is C27H33N3O5. The van der Waals surface area contributed by atoms with E-state index in [1.807, 2.05) is 50.2 Å². The van der Waals surface area contributed by atoms with Crippen LogP contribution in [-0.4, -0.2) is 42.9 Å². The molecule has 3 amide bonds. The van der Waals surface area contributed by atoms with Gasteiger partial charge < -0.3 is 21.1 Å². The molecule has 2 aromatic carbocycles. The van der Waals surface area contributed by atoms with Gasteiger partial charge >= 0.3 is 6.09 Å². The third-order valence-corrected chi connectivity index (χ3v) is 6.17. The number of ketones is 1. The first kappa shape index (κ1) is 25.9. The lowest BCUT2D eigenvalue weighted by Gasteiger charge is -2.21. The van der Waals surface area contributed by atoms with E-state index in [-0.39, 0.29) is 37.2 Å². The van der Waals surface area contributed by atoms with Gasteiger partial charge in [-0.15, -0.1) is 0 Å². The van der Waals surface area contributed by atoms with Gasteiger partial charge in [-0.3, -0.25) is 14.4 Å². The van der Waals surface area contributed by atoms with Gasteiger partial charge in [0.05, 0.1) is 0 Å². The minimum Gasteiger partial charge on any atom is -0.449 e. The van der Waals surface area contributed by atoms with Crippen LogP contribution in [0.4, 0.5) is 4.79 Å². The van der Waals surface area contributed by atoms with Crippen LogP contribution in [0.3, 0.4) is 0 Å². The number of Topliss-reactive ketones (excluding diaryl/α,β-unsaturated/α-hetero) is 1. The number of fused-ring (bicyclic) bond motifs is 3. The fourth-order valence-corrected chi connectivity index (χ4v) is 4.58. The van der Waals surface area contributed by atoms with Crippen LogP contribution in [0, 0.1) is 11.8 Å². The summed E-state index contributed by atoms with van der Waals surface area (Å²) in [6.07, 6.45) is -0.331. The Labute approximate surface area is 205 Å². The van der Waals surface area contributed by atoms with E-state index < -0.39 is 29.9 Å². The fraction of sp³-hybridized carbons (Fsp3) is 0.407. The number of hydrogen-bond acceptors (Lipinski definition) is 5. The molecule has 186 valence electrons. The molecule has 8 heteroatoms. The van der Waals surface area contributed by atoms with Crippen LogP contribution in [-0.2, 0) is 19.1 Å². The van der Waals surface area contributed by atoms with Crippen molar-refractivity contribution in [2.45, 2.75) is 45.6 Å². The van der Waals surface area contributed by atoms with Crippen LogP contribution >= 0.6 is 0 Å². The second-order valence-electron chi connectivity index (χ2n) is 9.36. The number of hydrogen-bond donors (Lipinski definition) is 3. The molecule has 0 heterocycles. The lowest BCUT2D eigenvalue weighted by Crippen LogP contribution is -2.49. The zero-order valence-electron chi connectivity index (χ0n) is 20.4. The van der Waals surface area contributed by atoms with Crippen LogP contribution in [0.15, 0.2) is 48.5 Å². The van der Waals surface area contributed by atoms with Crippen molar-refractivity contribution in [2.75, 3.05) is 13.2 Å².